The maximum absolute atomic E-state index is 6.00. The fourth-order valence-corrected chi connectivity index (χ4v) is 2.56. The van der Waals surface area contributed by atoms with Gasteiger partial charge in [0.1, 0.15) is 11.4 Å². The Hall–Kier alpha value is -0.980. The largest absolute Gasteiger partial charge is 0.488 e. The molecule has 0 spiro atoms. The minimum Gasteiger partial charge on any atom is -0.488 e. The van der Waals surface area contributed by atoms with Gasteiger partial charge in [0.15, 0.2) is 0 Å². The van der Waals surface area contributed by atoms with E-state index >= 15 is 0 Å². The zero-order chi connectivity index (χ0) is 10.9. The van der Waals surface area contributed by atoms with E-state index in [0.717, 1.165) is 12.2 Å². The van der Waals surface area contributed by atoms with Crippen molar-refractivity contribution in [3.63, 3.8) is 0 Å². The van der Waals surface area contributed by atoms with Gasteiger partial charge < -0.3 is 4.74 Å². The summed E-state index contributed by atoms with van der Waals surface area (Å²) in [5, 5.41) is 0. The number of para-hydroxylation sites is 1. The summed E-state index contributed by atoms with van der Waals surface area (Å²) in [5.41, 5.74) is 1.40. The number of hydrogen-bond acceptors (Lipinski definition) is 1. The van der Waals surface area contributed by atoms with Gasteiger partial charge in [-0.15, -0.1) is 0 Å². The number of fused-ring (bicyclic) bond motifs is 1. The van der Waals surface area contributed by atoms with Crippen molar-refractivity contribution in [2.75, 3.05) is 0 Å². The van der Waals surface area contributed by atoms with Gasteiger partial charge in [0.2, 0.25) is 0 Å². The summed E-state index contributed by atoms with van der Waals surface area (Å²) in [7, 11) is 0. The van der Waals surface area contributed by atoms with Crippen LogP contribution in [0.4, 0.5) is 0 Å². The molecule has 0 saturated heterocycles. The summed E-state index contributed by atoms with van der Waals surface area (Å²) in [6, 6.07) is 8.48. The Kier molecular flexibility index (Phi) is 2.72. The molecule has 0 unspecified atom stereocenters. The molecule has 1 aliphatic heterocycles. The lowest BCUT2D eigenvalue weighted by Crippen LogP contribution is -2.34. The van der Waals surface area contributed by atoms with Crippen molar-refractivity contribution in [1.82, 2.24) is 0 Å². The van der Waals surface area contributed by atoms with Gasteiger partial charge in [0, 0.05) is 0 Å². The number of hydrogen-bond donors (Lipinski definition) is 0. The Morgan fingerprint density at radius 1 is 1.33 bits per heavy atom. The smallest absolute Gasteiger partial charge is 0.123 e. The Bertz CT molecular complexity index is 341. The van der Waals surface area contributed by atoms with Gasteiger partial charge in [0.25, 0.3) is 0 Å². The SMILES string of the molecule is CCC[C@H]1CC(C)(C)Oc2ccccc21. The van der Waals surface area contributed by atoms with Crippen LogP contribution in [-0.4, -0.2) is 5.60 Å². The minimum atomic E-state index is -0.00576. The zero-order valence-electron chi connectivity index (χ0n) is 9.92. The van der Waals surface area contributed by atoms with E-state index in [1.807, 2.05) is 0 Å². The molecule has 0 aromatic heterocycles. The highest BCUT2D eigenvalue weighted by Crippen LogP contribution is 2.42. The summed E-state index contributed by atoms with van der Waals surface area (Å²) < 4.78 is 6.00. The van der Waals surface area contributed by atoms with E-state index in [2.05, 4.69) is 45.0 Å². The van der Waals surface area contributed by atoms with Crippen molar-refractivity contribution in [3.8, 4) is 5.75 Å². The first kappa shape index (κ1) is 10.5. The Balaban J connectivity index is 2.34. The molecule has 15 heavy (non-hydrogen) atoms. The highest BCUT2D eigenvalue weighted by atomic mass is 16.5. The lowest BCUT2D eigenvalue weighted by atomic mass is 9.82. The monoisotopic (exact) mass is 204 g/mol. The molecule has 82 valence electrons. The molecule has 0 fully saturated rings. The predicted octanol–water partition coefficient (Wildman–Crippen LogP) is 4.13. The van der Waals surface area contributed by atoms with Crippen LogP contribution in [0.2, 0.25) is 0 Å². The lowest BCUT2D eigenvalue weighted by molar-refractivity contribution is 0.0703. The number of rotatable bonds is 2. The summed E-state index contributed by atoms with van der Waals surface area (Å²) in [6.45, 7) is 6.63. The van der Waals surface area contributed by atoms with Crippen molar-refractivity contribution in [3.05, 3.63) is 29.8 Å². The fourth-order valence-electron chi connectivity index (χ4n) is 2.56. The Morgan fingerprint density at radius 2 is 2.07 bits per heavy atom. The fraction of sp³-hybridized carbons (Fsp3) is 0.571. The van der Waals surface area contributed by atoms with E-state index < -0.39 is 0 Å². The van der Waals surface area contributed by atoms with Gasteiger partial charge in [-0.25, -0.2) is 0 Å². The zero-order valence-corrected chi connectivity index (χ0v) is 9.92. The molecular weight excluding hydrogens is 184 g/mol. The average Bonchev–Trinajstić information content (AvgIpc) is 2.16. The Labute approximate surface area is 92.5 Å². The molecule has 1 heterocycles. The van der Waals surface area contributed by atoms with Crippen molar-refractivity contribution in [2.24, 2.45) is 0 Å². The van der Waals surface area contributed by atoms with Crippen LogP contribution in [0.5, 0.6) is 5.75 Å². The maximum Gasteiger partial charge on any atom is 0.123 e. The molecule has 1 heteroatoms. The molecule has 0 bridgehead atoms. The molecular formula is C14H20O. The van der Waals surface area contributed by atoms with E-state index in [0.29, 0.717) is 5.92 Å². The second kappa shape index (κ2) is 3.88. The molecule has 1 aromatic rings. The lowest BCUT2D eigenvalue weighted by Gasteiger charge is -2.37. The third-order valence-corrected chi connectivity index (χ3v) is 3.12. The van der Waals surface area contributed by atoms with E-state index in [9.17, 15) is 0 Å². The normalized spacial score (nSPS) is 23.0. The molecule has 1 nitrogen and oxygen atoms in total. The van der Waals surface area contributed by atoms with Crippen LogP contribution >= 0.6 is 0 Å². The van der Waals surface area contributed by atoms with Crippen LogP contribution in [0, 0.1) is 0 Å². The van der Waals surface area contributed by atoms with Crippen LogP contribution in [0.25, 0.3) is 0 Å². The summed E-state index contributed by atoms with van der Waals surface area (Å²) in [5.74, 6) is 1.77. The third-order valence-electron chi connectivity index (χ3n) is 3.12. The van der Waals surface area contributed by atoms with Crippen molar-refractivity contribution in [2.45, 2.75) is 51.6 Å². The number of benzene rings is 1. The van der Waals surface area contributed by atoms with Crippen molar-refractivity contribution < 1.29 is 4.74 Å². The first-order valence-electron chi connectivity index (χ1n) is 5.90. The third kappa shape index (κ3) is 2.17. The second-order valence-electron chi connectivity index (χ2n) is 5.09. The highest BCUT2D eigenvalue weighted by Gasteiger charge is 2.32. The summed E-state index contributed by atoms with van der Waals surface area (Å²) >= 11 is 0. The quantitative estimate of drug-likeness (QED) is 0.703. The molecule has 0 saturated carbocycles. The molecule has 0 N–H and O–H groups in total. The van der Waals surface area contributed by atoms with E-state index in [-0.39, 0.29) is 5.60 Å². The van der Waals surface area contributed by atoms with Crippen LogP contribution < -0.4 is 4.74 Å². The first-order chi connectivity index (χ1) is 7.12. The van der Waals surface area contributed by atoms with Gasteiger partial charge in [-0.2, -0.15) is 0 Å². The van der Waals surface area contributed by atoms with Crippen molar-refractivity contribution in [1.29, 1.82) is 0 Å². The van der Waals surface area contributed by atoms with Crippen LogP contribution in [-0.2, 0) is 0 Å². The molecule has 1 aromatic carbocycles. The Morgan fingerprint density at radius 3 is 2.80 bits per heavy atom. The molecule has 0 aliphatic carbocycles. The van der Waals surface area contributed by atoms with Crippen LogP contribution in [0.1, 0.15) is 51.5 Å². The maximum atomic E-state index is 6.00. The highest BCUT2D eigenvalue weighted by molar-refractivity contribution is 5.38. The minimum absolute atomic E-state index is 0.00576. The molecule has 1 atom stereocenters. The van der Waals surface area contributed by atoms with E-state index in [1.165, 1.54) is 18.4 Å². The summed E-state index contributed by atoms with van der Waals surface area (Å²) in [6.07, 6.45) is 3.65. The standard InChI is InChI=1S/C14H20O/c1-4-7-11-10-14(2,3)15-13-9-6-5-8-12(11)13/h5-6,8-9,11H,4,7,10H2,1-3H3/t11-/m0/s1. The van der Waals surface area contributed by atoms with Crippen molar-refractivity contribution >= 4 is 0 Å². The van der Waals surface area contributed by atoms with Gasteiger partial charge >= 0.3 is 0 Å². The topological polar surface area (TPSA) is 9.23 Å². The summed E-state index contributed by atoms with van der Waals surface area (Å²) in [4.78, 5) is 0. The number of ether oxygens (including phenoxy) is 1. The van der Waals surface area contributed by atoms with Gasteiger partial charge in [-0.1, -0.05) is 31.5 Å². The molecule has 0 radical (unpaired) electrons. The van der Waals surface area contributed by atoms with Gasteiger partial charge in [-0.05, 0) is 44.2 Å². The first-order valence-corrected chi connectivity index (χ1v) is 5.90. The molecule has 2 rings (SSSR count). The van der Waals surface area contributed by atoms with Crippen LogP contribution in [0.15, 0.2) is 24.3 Å². The van der Waals surface area contributed by atoms with E-state index in [1.54, 1.807) is 0 Å². The van der Waals surface area contributed by atoms with Crippen LogP contribution in [0.3, 0.4) is 0 Å². The average molecular weight is 204 g/mol. The van der Waals surface area contributed by atoms with Gasteiger partial charge in [0.05, 0.1) is 0 Å². The van der Waals surface area contributed by atoms with E-state index in [4.69, 9.17) is 4.74 Å². The molecule has 0 amide bonds. The van der Waals surface area contributed by atoms with Gasteiger partial charge in [-0.3, -0.25) is 0 Å². The second-order valence-corrected chi connectivity index (χ2v) is 5.09. The molecule has 1 aliphatic rings. The predicted molar refractivity (Wildman–Crippen MR) is 63.4 cm³/mol.